The van der Waals surface area contributed by atoms with Gasteiger partial charge in [0.15, 0.2) is 0 Å². The number of nitrogens with zero attached hydrogens (tertiary/aromatic N) is 2. The van der Waals surface area contributed by atoms with Gasteiger partial charge in [-0.05, 0) is 30.7 Å². The Morgan fingerprint density at radius 2 is 1.72 bits per heavy atom. The molecule has 2 aromatic rings. The molecule has 0 radical (unpaired) electrons. The van der Waals surface area contributed by atoms with E-state index in [0.29, 0.717) is 26.3 Å². The van der Waals surface area contributed by atoms with E-state index in [9.17, 15) is 9.59 Å². The first-order valence-electron chi connectivity index (χ1n) is 10.1. The second kappa shape index (κ2) is 10.2. The fourth-order valence-corrected chi connectivity index (χ4v) is 3.64. The number of nitrogens with one attached hydrogen (secondary N) is 1. The van der Waals surface area contributed by atoms with Crippen LogP contribution in [0.5, 0.6) is 0 Å². The van der Waals surface area contributed by atoms with Gasteiger partial charge in [-0.15, -0.1) is 0 Å². The van der Waals surface area contributed by atoms with Crippen molar-refractivity contribution in [2.75, 3.05) is 45.2 Å². The third-order valence-electron chi connectivity index (χ3n) is 5.18. The van der Waals surface area contributed by atoms with Crippen LogP contribution in [0, 0.1) is 0 Å². The molecular weight excluding hydrogens is 366 g/mol. The van der Waals surface area contributed by atoms with Crippen LogP contribution in [0.15, 0.2) is 54.6 Å². The number of ether oxygens (including phenoxy) is 1. The van der Waals surface area contributed by atoms with E-state index in [1.54, 1.807) is 0 Å². The summed E-state index contributed by atoms with van der Waals surface area (Å²) in [7, 11) is 1.82. The normalized spacial score (nSPS) is 15.2. The Morgan fingerprint density at radius 1 is 1.07 bits per heavy atom. The summed E-state index contributed by atoms with van der Waals surface area (Å²) >= 11 is 0. The summed E-state index contributed by atoms with van der Waals surface area (Å²) in [6, 6.07) is 16.9. The Kier molecular flexibility index (Phi) is 7.38. The van der Waals surface area contributed by atoms with Gasteiger partial charge in [0.25, 0.3) is 0 Å². The Labute approximate surface area is 172 Å². The van der Waals surface area contributed by atoms with Gasteiger partial charge in [-0.25, -0.2) is 0 Å². The molecule has 1 heterocycles. The molecule has 0 saturated carbocycles. The van der Waals surface area contributed by atoms with E-state index in [4.69, 9.17) is 4.74 Å². The number of anilines is 1. The minimum absolute atomic E-state index is 0.00348. The number of hydrogen-bond acceptors (Lipinski definition) is 4. The Morgan fingerprint density at radius 3 is 2.41 bits per heavy atom. The lowest BCUT2D eigenvalue weighted by molar-refractivity contribution is -0.141. The number of carbonyl (C=O) groups is 2. The zero-order chi connectivity index (χ0) is 20.6. The number of rotatable bonds is 7. The first kappa shape index (κ1) is 21.0. The van der Waals surface area contributed by atoms with E-state index < -0.39 is 6.04 Å². The van der Waals surface area contributed by atoms with Gasteiger partial charge in [0.05, 0.1) is 19.8 Å². The number of amides is 2. The summed E-state index contributed by atoms with van der Waals surface area (Å²) in [4.78, 5) is 29.6. The van der Waals surface area contributed by atoms with Crippen molar-refractivity contribution in [3.05, 3.63) is 65.7 Å². The highest BCUT2D eigenvalue weighted by Crippen LogP contribution is 2.23. The number of carbonyl (C=O) groups excluding carboxylic acids is 2. The Balaban J connectivity index is 1.74. The summed E-state index contributed by atoms with van der Waals surface area (Å²) in [5.74, 6) is -0.132. The third-order valence-corrected chi connectivity index (χ3v) is 5.18. The van der Waals surface area contributed by atoms with Crippen LogP contribution in [0.4, 0.5) is 5.69 Å². The SMILES string of the molecule is CCc1ccccc1NC(=O)CN(C)C(C(=O)N1CCOCC1)c1ccccc1. The zero-order valence-corrected chi connectivity index (χ0v) is 17.1. The highest BCUT2D eigenvalue weighted by atomic mass is 16.5. The van der Waals surface area contributed by atoms with Gasteiger partial charge in [-0.3, -0.25) is 14.5 Å². The molecule has 29 heavy (non-hydrogen) atoms. The smallest absolute Gasteiger partial charge is 0.244 e. The second-order valence-corrected chi connectivity index (χ2v) is 7.22. The molecule has 2 aromatic carbocycles. The first-order valence-corrected chi connectivity index (χ1v) is 10.1. The van der Waals surface area contributed by atoms with E-state index in [2.05, 4.69) is 12.2 Å². The molecule has 1 saturated heterocycles. The van der Waals surface area contributed by atoms with E-state index in [0.717, 1.165) is 23.2 Å². The van der Waals surface area contributed by atoms with Gasteiger partial charge in [0.1, 0.15) is 6.04 Å². The van der Waals surface area contributed by atoms with E-state index in [1.165, 1.54) is 0 Å². The molecule has 1 atom stereocenters. The topological polar surface area (TPSA) is 61.9 Å². The average molecular weight is 396 g/mol. The Bertz CT molecular complexity index is 819. The highest BCUT2D eigenvalue weighted by Gasteiger charge is 2.31. The van der Waals surface area contributed by atoms with Gasteiger partial charge < -0.3 is 15.0 Å². The largest absolute Gasteiger partial charge is 0.378 e. The minimum atomic E-state index is -0.513. The van der Waals surface area contributed by atoms with Crippen LogP contribution in [0.25, 0.3) is 0 Å². The van der Waals surface area contributed by atoms with E-state index in [1.807, 2.05) is 71.4 Å². The van der Waals surface area contributed by atoms with Crippen LogP contribution in [0.3, 0.4) is 0 Å². The van der Waals surface area contributed by atoms with Gasteiger partial charge in [0, 0.05) is 18.8 Å². The van der Waals surface area contributed by atoms with Crippen LogP contribution >= 0.6 is 0 Å². The lowest BCUT2D eigenvalue weighted by Crippen LogP contribution is -2.48. The lowest BCUT2D eigenvalue weighted by Gasteiger charge is -2.34. The molecular formula is C23H29N3O3. The summed E-state index contributed by atoms with van der Waals surface area (Å²) in [6.45, 7) is 4.42. The third kappa shape index (κ3) is 5.43. The molecule has 154 valence electrons. The minimum Gasteiger partial charge on any atom is -0.378 e. The Hall–Kier alpha value is -2.70. The van der Waals surface area contributed by atoms with Crippen molar-refractivity contribution in [3.63, 3.8) is 0 Å². The molecule has 0 spiro atoms. The molecule has 0 aromatic heterocycles. The monoisotopic (exact) mass is 395 g/mol. The fourth-order valence-electron chi connectivity index (χ4n) is 3.64. The number of hydrogen-bond donors (Lipinski definition) is 1. The summed E-state index contributed by atoms with van der Waals surface area (Å²) in [5, 5.41) is 2.99. The standard InChI is InChI=1S/C23H29N3O3/c1-3-18-9-7-8-12-20(18)24-21(27)17-25(2)22(19-10-5-4-6-11-19)23(28)26-13-15-29-16-14-26/h4-12,22H,3,13-17H2,1-2H3,(H,24,27). The number of likely N-dealkylation sites (N-methyl/N-ethyl adjacent to an activating group) is 1. The summed E-state index contributed by atoms with van der Waals surface area (Å²) in [5.41, 5.74) is 2.80. The van der Waals surface area contributed by atoms with Crippen LogP contribution in [0.1, 0.15) is 24.1 Å². The molecule has 1 unspecified atom stereocenters. The van der Waals surface area contributed by atoms with Gasteiger partial charge in [0.2, 0.25) is 11.8 Å². The zero-order valence-electron chi connectivity index (χ0n) is 17.1. The summed E-state index contributed by atoms with van der Waals surface area (Å²) in [6.07, 6.45) is 0.842. The maximum absolute atomic E-state index is 13.3. The van der Waals surface area contributed by atoms with Crippen molar-refractivity contribution in [3.8, 4) is 0 Å². The predicted molar refractivity (Wildman–Crippen MR) is 114 cm³/mol. The van der Waals surface area contributed by atoms with Crippen LogP contribution in [-0.4, -0.2) is 61.5 Å². The molecule has 1 aliphatic heterocycles. The average Bonchev–Trinajstić information content (AvgIpc) is 2.75. The van der Waals surface area contributed by atoms with Crippen LogP contribution < -0.4 is 5.32 Å². The molecule has 3 rings (SSSR count). The van der Waals surface area contributed by atoms with E-state index in [-0.39, 0.29) is 18.4 Å². The van der Waals surface area contributed by atoms with Crippen LogP contribution in [0.2, 0.25) is 0 Å². The fraction of sp³-hybridized carbons (Fsp3) is 0.391. The van der Waals surface area contributed by atoms with Crippen molar-refractivity contribution in [2.24, 2.45) is 0 Å². The number of benzene rings is 2. The van der Waals surface area contributed by atoms with Gasteiger partial charge in [-0.2, -0.15) is 0 Å². The maximum Gasteiger partial charge on any atom is 0.244 e. The number of para-hydroxylation sites is 1. The van der Waals surface area contributed by atoms with Crippen molar-refractivity contribution in [1.82, 2.24) is 9.80 Å². The first-order chi connectivity index (χ1) is 14.1. The van der Waals surface area contributed by atoms with Crippen LogP contribution in [-0.2, 0) is 20.7 Å². The summed E-state index contributed by atoms with van der Waals surface area (Å²) < 4.78 is 5.38. The van der Waals surface area contributed by atoms with Gasteiger partial charge >= 0.3 is 0 Å². The van der Waals surface area contributed by atoms with E-state index >= 15 is 0 Å². The van der Waals surface area contributed by atoms with Gasteiger partial charge in [-0.1, -0.05) is 55.5 Å². The molecule has 0 bridgehead atoms. The lowest BCUT2D eigenvalue weighted by atomic mass is 10.0. The molecule has 1 aliphatic rings. The van der Waals surface area contributed by atoms with Crippen molar-refractivity contribution in [1.29, 1.82) is 0 Å². The molecule has 1 fully saturated rings. The maximum atomic E-state index is 13.3. The number of aryl methyl sites for hydroxylation is 1. The molecule has 1 N–H and O–H groups in total. The second-order valence-electron chi connectivity index (χ2n) is 7.22. The molecule has 2 amide bonds. The molecule has 6 heteroatoms. The predicted octanol–water partition coefficient (Wildman–Crippen LogP) is 2.72. The van der Waals surface area contributed by atoms with Crippen molar-refractivity contribution < 1.29 is 14.3 Å². The van der Waals surface area contributed by atoms with Crippen molar-refractivity contribution >= 4 is 17.5 Å². The highest BCUT2D eigenvalue weighted by molar-refractivity contribution is 5.93. The molecule has 0 aliphatic carbocycles. The molecule has 6 nitrogen and oxygen atoms in total. The number of morpholine rings is 1. The quantitative estimate of drug-likeness (QED) is 0.783. The van der Waals surface area contributed by atoms with Crippen molar-refractivity contribution in [2.45, 2.75) is 19.4 Å².